The van der Waals surface area contributed by atoms with Crippen molar-refractivity contribution in [1.82, 2.24) is 10.2 Å². The summed E-state index contributed by atoms with van der Waals surface area (Å²) in [5.74, 6) is -0.300. The zero-order chi connectivity index (χ0) is 14.4. The van der Waals surface area contributed by atoms with Crippen LogP contribution in [0.1, 0.15) is 34.1 Å². The Bertz CT molecular complexity index is 439. The third-order valence-electron chi connectivity index (χ3n) is 2.65. The highest BCUT2D eigenvalue weighted by Crippen LogP contribution is 2.06. The number of aliphatic hydroxyl groups is 1. The summed E-state index contributed by atoms with van der Waals surface area (Å²) in [6.07, 6.45) is 0.0866. The van der Waals surface area contributed by atoms with Crippen LogP contribution in [0.2, 0.25) is 0 Å². The van der Waals surface area contributed by atoms with Crippen molar-refractivity contribution in [2.75, 3.05) is 20.6 Å². The molecule has 1 unspecified atom stereocenters. The average molecular weight is 264 g/mol. The molecule has 5 heteroatoms. The van der Waals surface area contributed by atoms with Gasteiger partial charge in [-0.05, 0) is 37.6 Å². The number of benzene rings is 1. The Morgan fingerprint density at radius 2 is 1.74 bits per heavy atom. The van der Waals surface area contributed by atoms with Crippen molar-refractivity contribution in [3.8, 4) is 0 Å². The fourth-order valence-corrected chi connectivity index (χ4v) is 1.52. The minimum atomic E-state index is -0.430. The van der Waals surface area contributed by atoms with E-state index in [0.29, 0.717) is 24.1 Å². The first-order valence-corrected chi connectivity index (χ1v) is 6.20. The first kappa shape index (κ1) is 15.2. The van der Waals surface area contributed by atoms with Gasteiger partial charge >= 0.3 is 0 Å². The van der Waals surface area contributed by atoms with E-state index in [4.69, 9.17) is 5.11 Å². The number of hydrogen-bond acceptors (Lipinski definition) is 3. The summed E-state index contributed by atoms with van der Waals surface area (Å²) in [6, 6.07) is 6.50. The maximum atomic E-state index is 11.8. The summed E-state index contributed by atoms with van der Waals surface area (Å²) < 4.78 is 0. The molecule has 2 amide bonds. The lowest BCUT2D eigenvalue weighted by atomic mass is 10.1. The van der Waals surface area contributed by atoms with Crippen molar-refractivity contribution in [3.63, 3.8) is 0 Å². The van der Waals surface area contributed by atoms with Gasteiger partial charge in [-0.2, -0.15) is 0 Å². The predicted molar refractivity (Wildman–Crippen MR) is 73.1 cm³/mol. The molecule has 1 atom stereocenters. The van der Waals surface area contributed by atoms with E-state index in [2.05, 4.69) is 5.32 Å². The fraction of sp³-hybridized carbons (Fsp3) is 0.429. The van der Waals surface area contributed by atoms with Gasteiger partial charge in [-0.3, -0.25) is 9.59 Å². The van der Waals surface area contributed by atoms with Crippen LogP contribution in [0.3, 0.4) is 0 Å². The number of rotatable bonds is 5. The predicted octanol–water partition coefficient (Wildman–Crippen LogP) is 0.889. The van der Waals surface area contributed by atoms with Crippen LogP contribution in [0.25, 0.3) is 0 Å². The molecule has 1 aromatic carbocycles. The van der Waals surface area contributed by atoms with Gasteiger partial charge in [-0.25, -0.2) is 0 Å². The molecule has 0 heterocycles. The van der Waals surface area contributed by atoms with Crippen LogP contribution < -0.4 is 5.32 Å². The van der Waals surface area contributed by atoms with E-state index in [9.17, 15) is 9.59 Å². The highest BCUT2D eigenvalue weighted by Gasteiger charge is 2.10. The van der Waals surface area contributed by atoms with Crippen molar-refractivity contribution in [2.24, 2.45) is 0 Å². The van der Waals surface area contributed by atoms with Gasteiger partial charge in [0.15, 0.2) is 0 Å². The van der Waals surface area contributed by atoms with Gasteiger partial charge in [0.2, 0.25) is 0 Å². The number of hydrogen-bond donors (Lipinski definition) is 2. The van der Waals surface area contributed by atoms with Crippen LogP contribution in [0, 0.1) is 0 Å². The minimum Gasteiger partial charge on any atom is -0.393 e. The van der Waals surface area contributed by atoms with Gasteiger partial charge in [0.25, 0.3) is 11.8 Å². The number of aliphatic hydroxyl groups excluding tert-OH is 1. The highest BCUT2D eigenvalue weighted by atomic mass is 16.3. The quantitative estimate of drug-likeness (QED) is 0.829. The highest BCUT2D eigenvalue weighted by molar-refractivity contribution is 5.97. The van der Waals surface area contributed by atoms with E-state index >= 15 is 0 Å². The van der Waals surface area contributed by atoms with E-state index < -0.39 is 6.10 Å². The molecule has 1 aromatic rings. The first-order valence-electron chi connectivity index (χ1n) is 6.20. The Morgan fingerprint density at radius 3 is 2.21 bits per heavy atom. The van der Waals surface area contributed by atoms with Gasteiger partial charge in [0, 0.05) is 31.8 Å². The second-order valence-electron chi connectivity index (χ2n) is 4.67. The molecule has 0 aliphatic carbocycles. The van der Waals surface area contributed by atoms with Crippen LogP contribution in [-0.4, -0.2) is 48.6 Å². The van der Waals surface area contributed by atoms with Crippen LogP contribution in [-0.2, 0) is 0 Å². The second-order valence-corrected chi connectivity index (χ2v) is 4.67. The topological polar surface area (TPSA) is 69.6 Å². The molecular formula is C14H20N2O3. The van der Waals surface area contributed by atoms with Gasteiger partial charge in [0.1, 0.15) is 0 Å². The van der Waals surface area contributed by atoms with E-state index in [1.807, 2.05) is 0 Å². The molecule has 0 saturated heterocycles. The lowest BCUT2D eigenvalue weighted by Crippen LogP contribution is -2.26. The largest absolute Gasteiger partial charge is 0.393 e. The Kier molecular flexibility index (Phi) is 5.51. The van der Waals surface area contributed by atoms with Gasteiger partial charge in [-0.15, -0.1) is 0 Å². The van der Waals surface area contributed by atoms with Crippen molar-refractivity contribution >= 4 is 11.8 Å². The van der Waals surface area contributed by atoms with Crippen molar-refractivity contribution < 1.29 is 14.7 Å². The standard InChI is InChI=1S/C14H20N2O3/c1-10(17)8-9-15-13(18)11-4-6-12(7-5-11)14(19)16(2)3/h4-7,10,17H,8-9H2,1-3H3,(H,15,18). The zero-order valence-corrected chi connectivity index (χ0v) is 11.5. The molecule has 0 aromatic heterocycles. The van der Waals surface area contributed by atoms with Gasteiger partial charge in [-0.1, -0.05) is 0 Å². The molecule has 0 aliphatic rings. The number of amides is 2. The van der Waals surface area contributed by atoms with Crippen LogP contribution in [0.4, 0.5) is 0 Å². The molecule has 0 spiro atoms. The third kappa shape index (κ3) is 4.71. The Hall–Kier alpha value is -1.88. The zero-order valence-electron chi connectivity index (χ0n) is 11.5. The van der Waals surface area contributed by atoms with Crippen molar-refractivity contribution in [1.29, 1.82) is 0 Å². The smallest absolute Gasteiger partial charge is 0.253 e. The minimum absolute atomic E-state index is 0.0962. The summed E-state index contributed by atoms with van der Waals surface area (Å²) in [7, 11) is 3.36. The Balaban J connectivity index is 2.61. The molecule has 19 heavy (non-hydrogen) atoms. The Morgan fingerprint density at radius 1 is 1.21 bits per heavy atom. The number of nitrogens with zero attached hydrogens (tertiary/aromatic N) is 1. The molecular weight excluding hydrogens is 244 g/mol. The molecule has 0 aliphatic heterocycles. The Labute approximate surface area is 113 Å². The fourth-order valence-electron chi connectivity index (χ4n) is 1.52. The third-order valence-corrected chi connectivity index (χ3v) is 2.65. The normalized spacial score (nSPS) is 11.8. The summed E-state index contributed by atoms with van der Waals surface area (Å²) in [5.41, 5.74) is 1.05. The second kappa shape index (κ2) is 6.89. The molecule has 0 saturated carbocycles. The first-order chi connectivity index (χ1) is 8.91. The van der Waals surface area contributed by atoms with Crippen molar-refractivity contribution in [3.05, 3.63) is 35.4 Å². The molecule has 1 rings (SSSR count). The van der Waals surface area contributed by atoms with E-state index in [1.165, 1.54) is 4.90 Å². The SMILES string of the molecule is CC(O)CCNC(=O)c1ccc(C(=O)N(C)C)cc1. The number of carbonyl (C=O) groups excluding carboxylic acids is 2. The number of nitrogens with one attached hydrogen (secondary N) is 1. The van der Waals surface area contributed by atoms with Crippen LogP contribution >= 0.6 is 0 Å². The van der Waals surface area contributed by atoms with Crippen molar-refractivity contribution in [2.45, 2.75) is 19.4 Å². The molecule has 5 nitrogen and oxygen atoms in total. The maximum Gasteiger partial charge on any atom is 0.253 e. The maximum absolute atomic E-state index is 11.8. The molecule has 2 N–H and O–H groups in total. The van der Waals surface area contributed by atoms with Gasteiger partial charge < -0.3 is 15.3 Å². The molecule has 0 fully saturated rings. The summed E-state index contributed by atoms with van der Waals surface area (Å²) >= 11 is 0. The lowest BCUT2D eigenvalue weighted by Gasteiger charge is -2.11. The lowest BCUT2D eigenvalue weighted by molar-refractivity contribution is 0.0826. The average Bonchev–Trinajstić information content (AvgIpc) is 2.37. The summed E-state index contributed by atoms with van der Waals surface area (Å²) in [6.45, 7) is 2.10. The summed E-state index contributed by atoms with van der Waals surface area (Å²) in [5, 5.41) is 11.8. The van der Waals surface area contributed by atoms with E-state index in [-0.39, 0.29) is 11.8 Å². The molecule has 104 valence electrons. The van der Waals surface area contributed by atoms with Crippen LogP contribution in [0.5, 0.6) is 0 Å². The summed E-state index contributed by atoms with van der Waals surface area (Å²) in [4.78, 5) is 24.9. The number of carbonyl (C=O) groups is 2. The monoisotopic (exact) mass is 264 g/mol. The van der Waals surface area contributed by atoms with E-state index in [1.54, 1.807) is 45.3 Å². The van der Waals surface area contributed by atoms with Crippen LogP contribution in [0.15, 0.2) is 24.3 Å². The van der Waals surface area contributed by atoms with E-state index in [0.717, 1.165) is 0 Å². The molecule has 0 radical (unpaired) electrons. The molecule has 0 bridgehead atoms. The van der Waals surface area contributed by atoms with Gasteiger partial charge in [0.05, 0.1) is 6.10 Å².